The molecule has 1 aromatic carbocycles. The van der Waals surface area contributed by atoms with Gasteiger partial charge in [0.15, 0.2) is 0 Å². The van der Waals surface area contributed by atoms with E-state index in [0.717, 1.165) is 0 Å². The smallest absolute Gasteiger partial charge is 0.345 e. The summed E-state index contributed by atoms with van der Waals surface area (Å²) < 4.78 is 36.6. The summed E-state index contributed by atoms with van der Waals surface area (Å²) in [7, 11) is 0. The van der Waals surface area contributed by atoms with Gasteiger partial charge in [-0.05, 0) is 18.1 Å². The fourth-order valence-corrected chi connectivity index (χ4v) is 1.81. The highest BCUT2D eigenvalue weighted by Gasteiger charge is 2.31. The van der Waals surface area contributed by atoms with Crippen molar-refractivity contribution >= 4 is 11.8 Å². The van der Waals surface area contributed by atoms with Crippen LogP contribution < -0.4 is 10.6 Å². The summed E-state index contributed by atoms with van der Waals surface area (Å²) in [5.41, 5.74) is 0.347. The molecule has 0 saturated heterocycles. The third-order valence-electron chi connectivity index (χ3n) is 3.28. The van der Waals surface area contributed by atoms with Crippen LogP contribution in [0.15, 0.2) is 30.3 Å². The van der Waals surface area contributed by atoms with Gasteiger partial charge in [-0.15, -0.1) is 0 Å². The largest absolute Gasteiger partial charge is 0.405 e. The molecule has 0 aliphatic rings. The summed E-state index contributed by atoms with van der Waals surface area (Å²) in [4.78, 5) is 24.0. The molecule has 2 atom stereocenters. The number of rotatable bonds is 6. The van der Waals surface area contributed by atoms with Gasteiger partial charge >= 0.3 is 6.18 Å². The monoisotopic (exact) mass is 316 g/mol. The Balaban J connectivity index is 2.76. The van der Waals surface area contributed by atoms with Crippen LogP contribution in [0, 0.1) is 5.92 Å². The molecule has 0 aromatic heterocycles. The van der Waals surface area contributed by atoms with Crippen LogP contribution in [0.4, 0.5) is 13.2 Å². The molecule has 1 rings (SSSR count). The first-order valence-corrected chi connectivity index (χ1v) is 6.95. The van der Waals surface area contributed by atoms with Crippen molar-refractivity contribution in [1.82, 2.24) is 10.6 Å². The van der Waals surface area contributed by atoms with Crippen molar-refractivity contribution in [3.63, 3.8) is 0 Å². The van der Waals surface area contributed by atoms with Crippen molar-refractivity contribution in [1.29, 1.82) is 0 Å². The number of benzene rings is 1. The summed E-state index contributed by atoms with van der Waals surface area (Å²) in [6, 6.07) is 7.18. The molecule has 0 aliphatic carbocycles. The number of carbonyl (C=O) groups is 2. The second-order valence-electron chi connectivity index (χ2n) is 5.04. The van der Waals surface area contributed by atoms with E-state index in [9.17, 15) is 22.8 Å². The minimum atomic E-state index is -4.49. The zero-order chi connectivity index (χ0) is 16.8. The van der Waals surface area contributed by atoms with Gasteiger partial charge < -0.3 is 10.6 Å². The maximum Gasteiger partial charge on any atom is 0.405 e. The maximum atomic E-state index is 12.2. The predicted octanol–water partition coefficient (Wildman–Crippen LogP) is 2.51. The Morgan fingerprint density at radius 3 is 2.27 bits per heavy atom. The Kier molecular flexibility index (Phi) is 6.39. The zero-order valence-electron chi connectivity index (χ0n) is 12.4. The first-order chi connectivity index (χ1) is 10.2. The number of hydrogen-bond acceptors (Lipinski definition) is 2. The van der Waals surface area contributed by atoms with Gasteiger partial charge in [0.25, 0.3) is 5.91 Å². The van der Waals surface area contributed by atoms with Crippen molar-refractivity contribution < 1.29 is 22.8 Å². The lowest BCUT2D eigenvalue weighted by Crippen LogP contribution is -2.51. The predicted molar refractivity (Wildman–Crippen MR) is 76.2 cm³/mol. The molecule has 0 radical (unpaired) electrons. The van der Waals surface area contributed by atoms with Crippen molar-refractivity contribution in [2.75, 3.05) is 6.54 Å². The minimum absolute atomic E-state index is 0.291. The molecule has 0 aliphatic heterocycles. The number of nitrogens with one attached hydrogen (secondary N) is 2. The normalized spacial score (nSPS) is 14.0. The molecule has 4 nitrogen and oxygen atoms in total. The van der Waals surface area contributed by atoms with Gasteiger partial charge in [-0.25, -0.2) is 0 Å². The van der Waals surface area contributed by atoms with Crippen LogP contribution in [0.2, 0.25) is 0 Å². The zero-order valence-corrected chi connectivity index (χ0v) is 12.4. The molecule has 0 bridgehead atoms. The lowest BCUT2D eigenvalue weighted by molar-refractivity contribution is -0.140. The fraction of sp³-hybridized carbons (Fsp3) is 0.467. The quantitative estimate of drug-likeness (QED) is 0.847. The Bertz CT molecular complexity index is 503. The second kappa shape index (κ2) is 7.82. The lowest BCUT2D eigenvalue weighted by atomic mass is 9.98. The average molecular weight is 316 g/mol. The van der Waals surface area contributed by atoms with E-state index in [1.807, 2.05) is 5.32 Å². The molecule has 7 heteroatoms. The van der Waals surface area contributed by atoms with Gasteiger partial charge in [-0.1, -0.05) is 38.5 Å². The molecule has 22 heavy (non-hydrogen) atoms. The van der Waals surface area contributed by atoms with E-state index in [4.69, 9.17) is 0 Å². The molecule has 0 heterocycles. The van der Waals surface area contributed by atoms with Gasteiger partial charge in [0.05, 0.1) is 0 Å². The van der Waals surface area contributed by atoms with E-state index in [0.29, 0.717) is 12.0 Å². The molecule has 0 fully saturated rings. The number of hydrogen-bond donors (Lipinski definition) is 2. The summed E-state index contributed by atoms with van der Waals surface area (Å²) in [5, 5.41) is 4.32. The molecule has 122 valence electrons. The van der Waals surface area contributed by atoms with E-state index in [1.54, 1.807) is 44.2 Å². The van der Waals surface area contributed by atoms with E-state index in [1.165, 1.54) is 0 Å². The van der Waals surface area contributed by atoms with Crippen LogP contribution in [0.3, 0.4) is 0 Å². The molecule has 2 unspecified atom stereocenters. The highest BCUT2D eigenvalue weighted by molar-refractivity contribution is 5.97. The lowest BCUT2D eigenvalue weighted by Gasteiger charge is -2.24. The molecule has 2 amide bonds. The molecule has 0 saturated carbocycles. The summed E-state index contributed by atoms with van der Waals surface area (Å²) in [6.07, 6.45) is -3.95. The van der Waals surface area contributed by atoms with E-state index in [-0.39, 0.29) is 5.92 Å². The van der Waals surface area contributed by atoms with Gasteiger partial charge in [0.1, 0.15) is 12.6 Å². The first kappa shape index (κ1) is 18.0. The summed E-state index contributed by atoms with van der Waals surface area (Å²) in [5.74, 6) is -1.62. The number of carbonyl (C=O) groups excluding carboxylic acids is 2. The van der Waals surface area contributed by atoms with E-state index < -0.39 is 30.6 Å². The average Bonchev–Trinajstić information content (AvgIpc) is 2.49. The van der Waals surface area contributed by atoms with E-state index in [2.05, 4.69) is 5.32 Å². The van der Waals surface area contributed by atoms with Crippen LogP contribution >= 0.6 is 0 Å². The third kappa shape index (κ3) is 5.75. The highest BCUT2D eigenvalue weighted by Crippen LogP contribution is 2.14. The van der Waals surface area contributed by atoms with Crippen molar-refractivity contribution in [3.05, 3.63) is 35.9 Å². The van der Waals surface area contributed by atoms with Crippen LogP contribution in [0.1, 0.15) is 30.6 Å². The van der Waals surface area contributed by atoms with Crippen molar-refractivity contribution in [3.8, 4) is 0 Å². The standard InChI is InChI=1S/C15H19F3N2O2/c1-3-10(2)12(14(22)19-9-15(16,17)18)20-13(21)11-7-5-4-6-8-11/h4-8,10,12H,3,9H2,1-2H3,(H,19,22)(H,20,21). The number of alkyl halides is 3. The molecule has 2 N–H and O–H groups in total. The van der Waals surface area contributed by atoms with Gasteiger partial charge in [-0.3, -0.25) is 9.59 Å². The number of halogens is 3. The minimum Gasteiger partial charge on any atom is -0.345 e. The molecular formula is C15H19F3N2O2. The maximum absolute atomic E-state index is 12.2. The Morgan fingerprint density at radius 1 is 1.18 bits per heavy atom. The topological polar surface area (TPSA) is 58.2 Å². The van der Waals surface area contributed by atoms with Gasteiger partial charge in [-0.2, -0.15) is 13.2 Å². The van der Waals surface area contributed by atoms with E-state index >= 15 is 0 Å². The van der Waals surface area contributed by atoms with Gasteiger partial charge in [0.2, 0.25) is 5.91 Å². The molecular weight excluding hydrogens is 297 g/mol. The summed E-state index contributed by atoms with van der Waals surface area (Å²) in [6.45, 7) is 2.08. The Morgan fingerprint density at radius 2 is 1.77 bits per heavy atom. The van der Waals surface area contributed by atoms with Crippen LogP contribution in [0.5, 0.6) is 0 Å². The third-order valence-corrected chi connectivity index (χ3v) is 3.28. The van der Waals surface area contributed by atoms with Crippen LogP contribution in [-0.2, 0) is 4.79 Å². The van der Waals surface area contributed by atoms with Gasteiger partial charge in [0, 0.05) is 5.56 Å². The van der Waals surface area contributed by atoms with Crippen molar-refractivity contribution in [2.45, 2.75) is 32.5 Å². The highest BCUT2D eigenvalue weighted by atomic mass is 19.4. The fourth-order valence-electron chi connectivity index (χ4n) is 1.81. The summed E-state index contributed by atoms with van der Waals surface area (Å²) >= 11 is 0. The Hall–Kier alpha value is -2.05. The molecule has 0 spiro atoms. The van der Waals surface area contributed by atoms with Crippen molar-refractivity contribution in [2.24, 2.45) is 5.92 Å². The first-order valence-electron chi connectivity index (χ1n) is 6.95. The van der Waals surface area contributed by atoms with Crippen LogP contribution in [0.25, 0.3) is 0 Å². The molecule has 1 aromatic rings. The Labute approximate surface area is 127 Å². The second-order valence-corrected chi connectivity index (χ2v) is 5.04. The van der Waals surface area contributed by atoms with Crippen LogP contribution in [-0.4, -0.2) is 30.6 Å². The SMILES string of the molecule is CCC(C)C(NC(=O)c1ccccc1)C(=O)NCC(F)(F)F. The number of amides is 2.